The Balaban J connectivity index is 1.54. The molecule has 0 radical (unpaired) electrons. The van der Waals surface area contributed by atoms with Crippen molar-refractivity contribution in [2.75, 3.05) is 0 Å². The van der Waals surface area contributed by atoms with Gasteiger partial charge in [0.15, 0.2) is 5.58 Å². The molecule has 0 atom stereocenters. The molecule has 5 aromatic rings. The first-order valence-electron chi connectivity index (χ1n) is 12.7. The van der Waals surface area contributed by atoms with Crippen LogP contribution >= 0.6 is 0 Å². The fourth-order valence-electron chi connectivity index (χ4n) is 5.53. The summed E-state index contributed by atoms with van der Waals surface area (Å²) in [4.78, 5) is 9.84. The Bertz CT molecular complexity index is 1580. The van der Waals surface area contributed by atoms with Crippen LogP contribution in [0.2, 0.25) is 0 Å². The minimum Gasteiger partial charge on any atom is -0.453 e. The van der Waals surface area contributed by atoms with Gasteiger partial charge in [0.2, 0.25) is 0 Å². The summed E-state index contributed by atoms with van der Waals surface area (Å²) in [5, 5.41) is 3.71. The monoisotopic (exact) mass is 460 g/mol. The van der Waals surface area contributed by atoms with Crippen LogP contribution in [0.4, 0.5) is 0 Å². The van der Waals surface area contributed by atoms with Crippen LogP contribution in [0.25, 0.3) is 44.3 Å². The van der Waals surface area contributed by atoms with Gasteiger partial charge in [-0.3, -0.25) is 9.97 Å². The molecule has 0 bridgehead atoms. The van der Waals surface area contributed by atoms with E-state index in [0.717, 1.165) is 53.1 Å². The third-order valence-electron chi connectivity index (χ3n) is 7.16. The SMILES string of the molecule is CC(C)Cc1ccc2c(n1)CCc1c-2oc2c(-c3cc(C(C)(C)C)c4ccccc4c3)nccc12. The lowest BCUT2D eigenvalue weighted by Gasteiger charge is -2.22. The average molecular weight is 461 g/mol. The lowest BCUT2D eigenvalue weighted by molar-refractivity contribution is 0.596. The summed E-state index contributed by atoms with van der Waals surface area (Å²) < 4.78 is 6.66. The second-order valence-corrected chi connectivity index (χ2v) is 11.3. The minimum absolute atomic E-state index is 0.0181. The van der Waals surface area contributed by atoms with Crippen molar-refractivity contribution in [1.29, 1.82) is 0 Å². The zero-order valence-corrected chi connectivity index (χ0v) is 21.3. The van der Waals surface area contributed by atoms with Gasteiger partial charge >= 0.3 is 0 Å². The van der Waals surface area contributed by atoms with Crippen molar-refractivity contribution in [2.45, 2.75) is 59.3 Å². The van der Waals surface area contributed by atoms with E-state index in [1.54, 1.807) is 0 Å². The summed E-state index contributed by atoms with van der Waals surface area (Å²) in [5.74, 6) is 1.57. The van der Waals surface area contributed by atoms with Crippen LogP contribution in [0.1, 0.15) is 57.1 Å². The minimum atomic E-state index is 0.0181. The molecule has 0 unspecified atom stereocenters. The summed E-state index contributed by atoms with van der Waals surface area (Å²) in [7, 11) is 0. The fraction of sp³-hybridized carbons (Fsp3) is 0.312. The Morgan fingerprint density at radius 3 is 2.57 bits per heavy atom. The van der Waals surface area contributed by atoms with Gasteiger partial charge in [0.1, 0.15) is 11.5 Å². The molecule has 3 heterocycles. The predicted octanol–water partition coefficient (Wildman–Crippen LogP) is 8.30. The van der Waals surface area contributed by atoms with E-state index in [-0.39, 0.29) is 5.41 Å². The second kappa shape index (κ2) is 8.05. The van der Waals surface area contributed by atoms with Gasteiger partial charge < -0.3 is 4.42 Å². The Kier molecular flexibility index (Phi) is 5.07. The number of benzene rings is 2. The first kappa shape index (κ1) is 22.0. The summed E-state index contributed by atoms with van der Waals surface area (Å²) in [6.45, 7) is 11.3. The Morgan fingerprint density at radius 1 is 0.943 bits per heavy atom. The smallest absolute Gasteiger partial charge is 0.161 e. The number of aryl methyl sites for hydroxylation is 2. The predicted molar refractivity (Wildman–Crippen MR) is 145 cm³/mol. The maximum Gasteiger partial charge on any atom is 0.161 e. The number of rotatable bonds is 3. The van der Waals surface area contributed by atoms with E-state index in [1.165, 1.54) is 33.0 Å². The first-order valence-corrected chi connectivity index (χ1v) is 12.7. The maximum atomic E-state index is 6.66. The molecular formula is C32H32N2O. The number of furan rings is 1. The van der Waals surface area contributed by atoms with Crippen molar-refractivity contribution >= 4 is 21.7 Å². The lowest BCUT2D eigenvalue weighted by atomic mass is 9.82. The summed E-state index contributed by atoms with van der Waals surface area (Å²) in [6.07, 6.45) is 4.83. The van der Waals surface area contributed by atoms with Gasteiger partial charge in [-0.25, -0.2) is 0 Å². The molecule has 1 aliphatic rings. The van der Waals surface area contributed by atoms with Gasteiger partial charge in [0.05, 0.1) is 5.69 Å². The fourth-order valence-corrected chi connectivity index (χ4v) is 5.53. The van der Waals surface area contributed by atoms with Crippen molar-refractivity contribution in [3.63, 3.8) is 0 Å². The topological polar surface area (TPSA) is 38.9 Å². The van der Waals surface area contributed by atoms with Gasteiger partial charge in [-0.1, -0.05) is 58.9 Å². The standard InChI is InChI=1S/C32H32N2O/c1-19(2)16-22-10-11-26-28(34-22)13-12-24-25-14-15-33-29(31(25)35-30(24)26)21-17-20-8-6-7-9-23(20)27(18-21)32(3,4)5/h6-11,14-15,17-19H,12-13,16H2,1-5H3. The van der Waals surface area contributed by atoms with Gasteiger partial charge in [0.25, 0.3) is 0 Å². The van der Waals surface area contributed by atoms with E-state index in [9.17, 15) is 0 Å². The van der Waals surface area contributed by atoms with Crippen molar-refractivity contribution in [1.82, 2.24) is 9.97 Å². The first-order chi connectivity index (χ1) is 16.8. The third-order valence-corrected chi connectivity index (χ3v) is 7.16. The zero-order valence-electron chi connectivity index (χ0n) is 21.3. The highest BCUT2D eigenvalue weighted by atomic mass is 16.3. The molecule has 176 valence electrons. The average Bonchev–Trinajstić information content (AvgIpc) is 3.21. The van der Waals surface area contributed by atoms with Crippen molar-refractivity contribution in [3.05, 3.63) is 83.3 Å². The molecular weight excluding hydrogens is 428 g/mol. The number of aromatic nitrogens is 2. The maximum absolute atomic E-state index is 6.66. The van der Waals surface area contributed by atoms with Crippen LogP contribution in [0.3, 0.4) is 0 Å². The largest absolute Gasteiger partial charge is 0.453 e. The molecule has 0 aliphatic heterocycles. The molecule has 3 heteroatoms. The molecule has 0 fully saturated rings. The van der Waals surface area contributed by atoms with Crippen LogP contribution in [0.5, 0.6) is 0 Å². The van der Waals surface area contributed by atoms with Crippen molar-refractivity contribution in [2.24, 2.45) is 5.92 Å². The van der Waals surface area contributed by atoms with Crippen LogP contribution in [0.15, 0.2) is 65.2 Å². The number of fused-ring (bicyclic) bond motifs is 6. The molecule has 35 heavy (non-hydrogen) atoms. The van der Waals surface area contributed by atoms with Crippen LogP contribution in [-0.2, 0) is 24.7 Å². The molecule has 0 saturated heterocycles. The Labute approximate surface area is 207 Å². The highest BCUT2D eigenvalue weighted by Crippen LogP contribution is 2.43. The van der Waals surface area contributed by atoms with Gasteiger partial charge in [-0.05, 0) is 77.3 Å². The molecule has 3 aromatic heterocycles. The molecule has 1 aliphatic carbocycles. The van der Waals surface area contributed by atoms with E-state index >= 15 is 0 Å². The molecule has 0 saturated carbocycles. The van der Waals surface area contributed by atoms with E-state index in [1.807, 2.05) is 6.20 Å². The molecule has 0 N–H and O–H groups in total. The third kappa shape index (κ3) is 3.74. The van der Waals surface area contributed by atoms with E-state index in [4.69, 9.17) is 14.4 Å². The number of hydrogen-bond acceptors (Lipinski definition) is 3. The lowest BCUT2D eigenvalue weighted by Crippen LogP contribution is -2.12. The van der Waals surface area contributed by atoms with Crippen molar-refractivity contribution < 1.29 is 4.42 Å². The highest BCUT2D eigenvalue weighted by Gasteiger charge is 2.26. The Morgan fingerprint density at radius 2 is 1.77 bits per heavy atom. The van der Waals surface area contributed by atoms with Gasteiger partial charge in [-0.2, -0.15) is 0 Å². The molecule has 6 rings (SSSR count). The number of pyridine rings is 2. The van der Waals surface area contributed by atoms with Crippen LogP contribution < -0.4 is 0 Å². The second-order valence-electron chi connectivity index (χ2n) is 11.3. The van der Waals surface area contributed by atoms with Crippen molar-refractivity contribution in [3.8, 4) is 22.6 Å². The van der Waals surface area contributed by atoms with Gasteiger partial charge in [-0.15, -0.1) is 0 Å². The van der Waals surface area contributed by atoms with E-state index in [2.05, 4.69) is 89.2 Å². The summed E-state index contributed by atoms with van der Waals surface area (Å²) in [5.41, 5.74) is 9.00. The highest BCUT2D eigenvalue weighted by molar-refractivity contribution is 5.99. The summed E-state index contributed by atoms with van der Waals surface area (Å²) >= 11 is 0. The quantitative estimate of drug-likeness (QED) is 0.272. The normalized spacial score (nSPS) is 13.4. The number of nitrogens with zero attached hydrogens (tertiary/aromatic N) is 2. The van der Waals surface area contributed by atoms with E-state index < -0.39 is 0 Å². The van der Waals surface area contributed by atoms with Crippen LogP contribution in [0, 0.1) is 5.92 Å². The number of hydrogen-bond donors (Lipinski definition) is 0. The zero-order chi connectivity index (χ0) is 24.3. The van der Waals surface area contributed by atoms with Gasteiger partial charge in [0, 0.05) is 34.0 Å². The van der Waals surface area contributed by atoms with E-state index in [0.29, 0.717) is 5.92 Å². The molecule has 3 nitrogen and oxygen atoms in total. The molecule has 0 amide bonds. The molecule has 0 spiro atoms. The molecule has 2 aromatic carbocycles. The Hall–Kier alpha value is -3.46. The van der Waals surface area contributed by atoms with Crippen LogP contribution in [-0.4, -0.2) is 9.97 Å². The summed E-state index contributed by atoms with van der Waals surface area (Å²) in [6, 6.07) is 19.7.